The van der Waals surface area contributed by atoms with Crippen LogP contribution in [0.4, 0.5) is 11.4 Å². The highest BCUT2D eigenvalue weighted by atomic mass is 35.5. The third kappa shape index (κ3) is 5.86. The number of anilines is 2. The fourth-order valence-electron chi connectivity index (χ4n) is 2.79. The van der Waals surface area contributed by atoms with Crippen LogP contribution in [0.25, 0.3) is 0 Å². The molecule has 2 amide bonds. The first kappa shape index (κ1) is 21.4. The normalized spacial score (nSPS) is 14.6. The van der Waals surface area contributed by atoms with Gasteiger partial charge >= 0.3 is 0 Å². The van der Waals surface area contributed by atoms with Gasteiger partial charge in [-0.1, -0.05) is 18.5 Å². The Morgan fingerprint density at radius 1 is 1.34 bits per heavy atom. The summed E-state index contributed by atoms with van der Waals surface area (Å²) in [7, 11) is 0. The van der Waals surface area contributed by atoms with Crippen LogP contribution >= 0.6 is 22.9 Å². The maximum atomic E-state index is 12.4. The van der Waals surface area contributed by atoms with Crippen molar-refractivity contribution in [1.29, 1.82) is 0 Å². The Balaban J connectivity index is 1.60. The second-order valence-corrected chi connectivity index (χ2v) is 7.95. The Bertz CT molecular complexity index is 869. The van der Waals surface area contributed by atoms with Crippen molar-refractivity contribution >= 4 is 52.3 Å². The maximum absolute atomic E-state index is 12.4. The molecule has 1 saturated heterocycles. The Morgan fingerprint density at radius 3 is 2.79 bits per heavy atom. The minimum absolute atomic E-state index is 0.0609. The first-order chi connectivity index (χ1) is 14.1. The molecule has 0 saturated carbocycles. The fraction of sp³-hybridized carbons (Fsp3) is 0.350. The van der Waals surface area contributed by atoms with Gasteiger partial charge in [-0.25, -0.2) is 0 Å². The molecular formula is C20H22ClN3O4S. The molecule has 2 heterocycles. The Hall–Kier alpha value is -2.26. The van der Waals surface area contributed by atoms with Crippen molar-refractivity contribution in [3.63, 3.8) is 0 Å². The lowest BCUT2D eigenvalue weighted by molar-refractivity contribution is -0.125. The molecule has 1 aliphatic heterocycles. The summed E-state index contributed by atoms with van der Waals surface area (Å²) in [6, 6.07) is 11.0. The van der Waals surface area contributed by atoms with Crippen LogP contribution in [0.3, 0.4) is 0 Å². The van der Waals surface area contributed by atoms with Gasteiger partial charge in [0.2, 0.25) is 5.91 Å². The second-order valence-electron chi connectivity index (χ2n) is 6.21. The molecule has 1 aliphatic rings. The Kier molecular flexibility index (Phi) is 7.76. The van der Waals surface area contributed by atoms with Crippen molar-refractivity contribution in [3.8, 4) is 0 Å². The molecule has 1 aromatic carbocycles. The standard InChI is InChI=1S/C20H22ClN3O4S/c1-2-19(25)24(14-28-13-22-11-17-7-8-18(21)29-17)16-5-3-15(4-6-16)23-9-10-27-12-20(23)26/h3-8,11H,2,9-10,12-14H2,1H3. The van der Waals surface area contributed by atoms with Crippen molar-refractivity contribution < 1.29 is 19.1 Å². The van der Waals surface area contributed by atoms with Crippen molar-refractivity contribution in [1.82, 2.24) is 0 Å². The molecule has 1 fully saturated rings. The lowest BCUT2D eigenvalue weighted by Crippen LogP contribution is -2.41. The lowest BCUT2D eigenvalue weighted by Gasteiger charge is -2.28. The minimum atomic E-state index is -0.0706. The van der Waals surface area contributed by atoms with E-state index in [1.165, 1.54) is 11.3 Å². The summed E-state index contributed by atoms with van der Waals surface area (Å²) < 4.78 is 11.4. The topological polar surface area (TPSA) is 71.4 Å². The summed E-state index contributed by atoms with van der Waals surface area (Å²) >= 11 is 7.31. The van der Waals surface area contributed by atoms with Crippen LogP contribution in [0.2, 0.25) is 4.34 Å². The number of nitrogens with zero attached hydrogens (tertiary/aromatic N) is 3. The number of benzene rings is 1. The van der Waals surface area contributed by atoms with E-state index in [-0.39, 0.29) is 31.9 Å². The maximum Gasteiger partial charge on any atom is 0.253 e. The summed E-state index contributed by atoms with van der Waals surface area (Å²) in [5.41, 5.74) is 1.49. The van der Waals surface area contributed by atoms with E-state index in [9.17, 15) is 9.59 Å². The van der Waals surface area contributed by atoms with Gasteiger partial charge in [0.1, 0.15) is 20.1 Å². The summed E-state index contributed by atoms with van der Waals surface area (Å²) in [6.45, 7) is 3.14. The molecule has 0 bridgehead atoms. The van der Waals surface area contributed by atoms with Gasteiger partial charge in [-0.3, -0.25) is 19.5 Å². The molecule has 0 spiro atoms. The van der Waals surface area contributed by atoms with Gasteiger partial charge in [-0.15, -0.1) is 11.3 Å². The van der Waals surface area contributed by atoms with Crippen LogP contribution in [-0.2, 0) is 19.1 Å². The number of halogens is 1. The van der Waals surface area contributed by atoms with Gasteiger partial charge in [0, 0.05) is 35.4 Å². The van der Waals surface area contributed by atoms with E-state index >= 15 is 0 Å². The summed E-state index contributed by atoms with van der Waals surface area (Å²) in [4.78, 5) is 32.7. The molecule has 0 atom stereocenters. The van der Waals surface area contributed by atoms with Crippen molar-refractivity contribution in [2.75, 3.05) is 43.0 Å². The van der Waals surface area contributed by atoms with E-state index in [2.05, 4.69) is 4.99 Å². The molecule has 0 N–H and O–H groups in total. The molecule has 1 aromatic heterocycles. The third-order valence-corrected chi connectivity index (χ3v) is 5.43. The fourth-order valence-corrected chi connectivity index (χ4v) is 3.75. The molecule has 0 unspecified atom stereocenters. The average Bonchev–Trinajstić information content (AvgIpc) is 3.16. The highest BCUT2D eigenvalue weighted by Gasteiger charge is 2.21. The van der Waals surface area contributed by atoms with Crippen molar-refractivity contribution in [3.05, 3.63) is 45.6 Å². The van der Waals surface area contributed by atoms with Crippen LogP contribution in [-0.4, -0.2) is 51.2 Å². The third-order valence-electron chi connectivity index (χ3n) is 4.26. The van der Waals surface area contributed by atoms with E-state index in [4.69, 9.17) is 21.1 Å². The number of carbonyl (C=O) groups excluding carboxylic acids is 2. The van der Waals surface area contributed by atoms with E-state index < -0.39 is 0 Å². The molecule has 7 nitrogen and oxygen atoms in total. The number of hydrogen-bond acceptors (Lipinski definition) is 6. The predicted molar refractivity (Wildman–Crippen MR) is 115 cm³/mol. The van der Waals surface area contributed by atoms with Gasteiger partial charge in [0.25, 0.3) is 5.91 Å². The van der Waals surface area contributed by atoms with Gasteiger partial charge in [-0.05, 0) is 36.4 Å². The number of ether oxygens (including phenoxy) is 2. The first-order valence-electron chi connectivity index (χ1n) is 9.20. The van der Waals surface area contributed by atoms with E-state index in [0.717, 1.165) is 10.6 Å². The predicted octanol–water partition coefficient (Wildman–Crippen LogP) is 3.56. The van der Waals surface area contributed by atoms with E-state index in [1.54, 1.807) is 22.9 Å². The second kappa shape index (κ2) is 10.5. The molecule has 9 heteroatoms. The SMILES string of the molecule is CCC(=O)N(COCN=Cc1ccc(Cl)s1)c1ccc(N2CCOCC2=O)cc1. The van der Waals surface area contributed by atoms with Gasteiger partial charge in [-0.2, -0.15) is 0 Å². The summed E-state index contributed by atoms with van der Waals surface area (Å²) in [5, 5.41) is 0. The van der Waals surface area contributed by atoms with Crippen molar-refractivity contribution in [2.45, 2.75) is 13.3 Å². The zero-order valence-electron chi connectivity index (χ0n) is 16.0. The zero-order chi connectivity index (χ0) is 20.6. The van der Waals surface area contributed by atoms with Crippen LogP contribution < -0.4 is 9.80 Å². The van der Waals surface area contributed by atoms with Crippen LogP contribution in [0, 0.1) is 0 Å². The molecule has 2 aromatic rings. The number of hydrogen-bond donors (Lipinski definition) is 0. The number of rotatable bonds is 8. The molecular weight excluding hydrogens is 414 g/mol. The quantitative estimate of drug-likeness (QED) is 0.361. The smallest absolute Gasteiger partial charge is 0.253 e. The largest absolute Gasteiger partial charge is 0.370 e. The van der Waals surface area contributed by atoms with Crippen LogP contribution in [0.1, 0.15) is 18.2 Å². The highest BCUT2D eigenvalue weighted by molar-refractivity contribution is 7.17. The molecule has 0 radical (unpaired) electrons. The van der Waals surface area contributed by atoms with Crippen LogP contribution in [0.15, 0.2) is 41.4 Å². The van der Waals surface area contributed by atoms with Gasteiger partial charge in [0.15, 0.2) is 0 Å². The number of carbonyl (C=O) groups is 2. The van der Waals surface area contributed by atoms with Crippen LogP contribution in [0.5, 0.6) is 0 Å². The summed E-state index contributed by atoms with van der Waals surface area (Å²) in [6.07, 6.45) is 2.04. The molecule has 0 aliphatic carbocycles. The number of morpholine rings is 1. The Labute approximate surface area is 178 Å². The highest BCUT2D eigenvalue weighted by Crippen LogP contribution is 2.23. The first-order valence-corrected chi connectivity index (χ1v) is 10.4. The van der Waals surface area contributed by atoms with E-state index in [0.29, 0.717) is 29.6 Å². The zero-order valence-corrected chi connectivity index (χ0v) is 17.6. The van der Waals surface area contributed by atoms with Gasteiger partial charge in [0.05, 0.1) is 10.9 Å². The van der Waals surface area contributed by atoms with Crippen molar-refractivity contribution in [2.24, 2.45) is 4.99 Å². The Morgan fingerprint density at radius 2 is 2.14 bits per heavy atom. The number of thiophene rings is 1. The number of aliphatic imine (C=N–C) groups is 1. The molecule has 29 heavy (non-hydrogen) atoms. The molecule has 154 valence electrons. The average molecular weight is 436 g/mol. The molecule has 3 rings (SSSR count). The summed E-state index contributed by atoms with van der Waals surface area (Å²) in [5.74, 6) is -0.132. The lowest BCUT2D eigenvalue weighted by atomic mass is 10.2. The monoisotopic (exact) mass is 435 g/mol. The van der Waals surface area contributed by atoms with Gasteiger partial charge < -0.3 is 14.4 Å². The van der Waals surface area contributed by atoms with E-state index in [1.807, 2.05) is 36.4 Å². The number of amides is 2. The minimum Gasteiger partial charge on any atom is -0.370 e.